The van der Waals surface area contributed by atoms with Crippen LogP contribution in [0.25, 0.3) is 77.7 Å². The lowest BCUT2D eigenvalue weighted by atomic mass is 9.99. The summed E-state index contributed by atoms with van der Waals surface area (Å²) in [5, 5.41) is 4.58. The van der Waals surface area contributed by atoms with Crippen molar-refractivity contribution in [3.8, 4) is 45.0 Å². The Bertz CT molecular complexity index is 2200. The Labute approximate surface area is 237 Å². The molecule has 3 nitrogen and oxygen atoms in total. The van der Waals surface area contributed by atoms with Crippen molar-refractivity contribution in [1.29, 1.82) is 0 Å². The summed E-state index contributed by atoms with van der Waals surface area (Å²) in [5.41, 5.74) is 8.87. The summed E-state index contributed by atoms with van der Waals surface area (Å²) in [6.45, 7) is 0. The zero-order valence-electron chi connectivity index (χ0n) is 22.2. The Hall–Kier alpha value is -5.54. The fraction of sp³-hybridized carbons (Fsp3) is 0. The number of nitrogens with zero attached hydrogens (tertiary/aromatic N) is 2. The van der Waals surface area contributed by atoms with Gasteiger partial charge in [0, 0.05) is 27.5 Å². The van der Waals surface area contributed by atoms with Gasteiger partial charge in [-0.15, -0.1) is 0 Å². The van der Waals surface area contributed by atoms with E-state index in [9.17, 15) is 0 Å². The van der Waals surface area contributed by atoms with Gasteiger partial charge in [0.05, 0.1) is 11.4 Å². The van der Waals surface area contributed by atoms with Crippen molar-refractivity contribution in [2.24, 2.45) is 0 Å². The smallest absolute Gasteiger partial charge is 0.161 e. The van der Waals surface area contributed by atoms with Crippen molar-refractivity contribution in [1.82, 2.24) is 9.97 Å². The van der Waals surface area contributed by atoms with Gasteiger partial charge in [0.2, 0.25) is 0 Å². The Balaban J connectivity index is 1.28. The molecule has 0 N–H and O–H groups in total. The van der Waals surface area contributed by atoms with E-state index in [1.807, 2.05) is 48.5 Å². The fourth-order valence-electron chi connectivity index (χ4n) is 5.64. The van der Waals surface area contributed by atoms with Crippen molar-refractivity contribution in [3.05, 3.63) is 146 Å². The van der Waals surface area contributed by atoms with Crippen molar-refractivity contribution in [3.63, 3.8) is 0 Å². The number of benzene rings is 6. The third-order valence-electron chi connectivity index (χ3n) is 7.70. The van der Waals surface area contributed by atoms with Gasteiger partial charge in [-0.3, -0.25) is 0 Å². The predicted molar refractivity (Wildman–Crippen MR) is 169 cm³/mol. The van der Waals surface area contributed by atoms with Gasteiger partial charge in [0.1, 0.15) is 11.2 Å². The molecule has 0 radical (unpaired) electrons. The Morgan fingerprint density at radius 2 is 1.05 bits per heavy atom. The van der Waals surface area contributed by atoms with Crippen molar-refractivity contribution in [2.75, 3.05) is 0 Å². The van der Waals surface area contributed by atoms with Crippen molar-refractivity contribution in [2.45, 2.75) is 0 Å². The lowest BCUT2D eigenvalue weighted by Crippen LogP contribution is -1.96. The maximum absolute atomic E-state index is 6.17. The standard InChI is InChI=1S/C38H24N2O/c1-2-10-27(11-3-1)33-24-34(28-20-17-26(18-21-28)30-22-19-25-9-4-5-12-29(25)23-30)40-38(39-33)32-14-8-16-36-37(32)31-13-6-7-15-35(31)41-36/h1-24H. The monoisotopic (exact) mass is 524 g/mol. The number of hydrogen-bond donors (Lipinski definition) is 0. The number of fused-ring (bicyclic) bond motifs is 4. The van der Waals surface area contributed by atoms with Crippen LogP contribution in [0.1, 0.15) is 0 Å². The lowest BCUT2D eigenvalue weighted by molar-refractivity contribution is 0.669. The summed E-state index contributed by atoms with van der Waals surface area (Å²) in [4.78, 5) is 10.2. The zero-order chi connectivity index (χ0) is 27.2. The molecule has 8 aromatic rings. The van der Waals surface area contributed by atoms with E-state index >= 15 is 0 Å². The second-order valence-corrected chi connectivity index (χ2v) is 10.2. The highest BCUT2D eigenvalue weighted by atomic mass is 16.3. The number of para-hydroxylation sites is 1. The zero-order valence-corrected chi connectivity index (χ0v) is 22.2. The molecule has 2 heterocycles. The quantitative estimate of drug-likeness (QED) is 0.230. The molecule has 0 bridgehead atoms. The van der Waals surface area contributed by atoms with Gasteiger partial charge in [0.15, 0.2) is 5.82 Å². The topological polar surface area (TPSA) is 38.9 Å². The lowest BCUT2D eigenvalue weighted by Gasteiger charge is -2.11. The number of furan rings is 1. The molecule has 0 atom stereocenters. The highest BCUT2D eigenvalue weighted by Crippen LogP contribution is 2.37. The van der Waals surface area contributed by atoms with Crippen LogP contribution in [-0.2, 0) is 0 Å². The molecular formula is C38H24N2O. The largest absolute Gasteiger partial charge is 0.456 e. The minimum Gasteiger partial charge on any atom is -0.456 e. The molecule has 0 saturated carbocycles. The first-order valence-electron chi connectivity index (χ1n) is 13.7. The third kappa shape index (κ3) is 4.16. The van der Waals surface area contributed by atoms with Gasteiger partial charge in [-0.05, 0) is 46.2 Å². The summed E-state index contributed by atoms with van der Waals surface area (Å²) in [7, 11) is 0. The minimum atomic E-state index is 0.678. The molecule has 0 aliphatic carbocycles. The summed E-state index contributed by atoms with van der Waals surface area (Å²) in [6.07, 6.45) is 0. The van der Waals surface area contributed by atoms with Crippen LogP contribution in [0.2, 0.25) is 0 Å². The van der Waals surface area contributed by atoms with E-state index in [4.69, 9.17) is 14.4 Å². The van der Waals surface area contributed by atoms with E-state index in [0.717, 1.165) is 50.0 Å². The molecule has 0 fully saturated rings. The molecule has 0 amide bonds. The molecular weight excluding hydrogens is 500 g/mol. The number of hydrogen-bond acceptors (Lipinski definition) is 3. The SMILES string of the molecule is c1ccc(-c2cc(-c3ccc(-c4ccc5ccccc5c4)cc3)nc(-c3cccc4oc5ccccc5c34)n2)cc1. The Morgan fingerprint density at radius 1 is 0.415 bits per heavy atom. The normalized spacial score (nSPS) is 11.4. The predicted octanol–water partition coefficient (Wildman–Crippen LogP) is 10.2. The van der Waals surface area contributed by atoms with Crippen LogP contribution in [0, 0.1) is 0 Å². The summed E-state index contributed by atoms with van der Waals surface area (Å²) >= 11 is 0. The molecule has 0 saturated heterocycles. The van der Waals surface area contributed by atoms with Crippen LogP contribution >= 0.6 is 0 Å². The van der Waals surface area contributed by atoms with E-state index < -0.39 is 0 Å². The van der Waals surface area contributed by atoms with E-state index in [0.29, 0.717) is 5.82 Å². The van der Waals surface area contributed by atoms with Crippen LogP contribution in [0.15, 0.2) is 150 Å². The second kappa shape index (κ2) is 9.58. The number of rotatable bonds is 4. The summed E-state index contributed by atoms with van der Waals surface area (Å²) in [6, 6.07) is 50.3. The molecule has 41 heavy (non-hydrogen) atoms. The molecule has 3 heteroatoms. The van der Waals surface area contributed by atoms with Crippen LogP contribution in [0.4, 0.5) is 0 Å². The first kappa shape index (κ1) is 23.4. The first-order valence-corrected chi connectivity index (χ1v) is 13.7. The molecule has 2 aromatic heterocycles. The highest BCUT2D eigenvalue weighted by Gasteiger charge is 2.16. The van der Waals surface area contributed by atoms with Crippen LogP contribution in [0.5, 0.6) is 0 Å². The first-order chi connectivity index (χ1) is 20.3. The summed E-state index contributed by atoms with van der Waals surface area (Å²) < 4.78 is 6.17. The van der Waals surface area contributed by atoms with E-state index in [2.05, 4.69) is 97.1 Å². The van der Waals surface area contributed by atoms with Crippen LogP contribution in [0.3, 0.4) is 0 Å². The third-order valence-corrected chi connectivity index (χ3v) is 7.70. The van der Waals surface area contributed by atoms with Gasteiger partial charge >= 0.3 is 0 Å². The molecule has 8 rings (SSSR count). The second-order valence-electron chi connectivity index (χ2n) is 10.2. The summed E-state index contributed by atoms with van der Waals surface area (Å²) in [5.74, 6) is 0.678. The Kier molecular flexibility index (Phi) is 5.46. The highest BCUT2D eigenvalue weighted by molar-refractivity contribution is 6.11. The van der Waals surface area contributed by atoms with E-state index in [-0.39, 0.29) is 0 Å². The fourth-order valence-corrected chi connectivity index (χ4v) is 5.64. The van der Waals surface area contributed by atoms with Crippen LogP contribution < -0.4 is 0 Å². The molecule has 0 aliphatic heterocycles. The maximum atomic E-state index is 6.17. The van der Waals surface area contributed by atoms with Crippen molar-refractivity contribution < 1.29 is 4.42 Å². The van der Waals surface area contributed by atoms with Gasteiger partial charge in [-0.25, -0.2) is 9.97 Å². The van der Waals surface area contributed by atoms with Gasteiger partial charge in [-0.2, -0.15) is 0 Å². The van der Waals surface area contributed by atoms with Gasteiger partial charge in [-0.1, -0.05) is 121 Å². The molecule has 192 valence electrons. The van der Waals surface area contributed by atoms with Crippen LogP contribution in [-0.4, -0.2) is 9.97 Å². The van der Waals surface area contributed by atoms with Gasteiger partial charge < -0.3 is 4.42 Å². The van der Waals surface area contributed by atoms with Gasteiger partial charge in [0.25, 0.3) is 0 Å². The molecule has 0 spiro atoms. The Morgan fingerprint density at radius 3 is 1.88 bits per heavy atom. The van der Waals surface area contributed by atoms with E-state index in [1.165, 1.54) is 21.9 Å². The molecule has 0 aliphatic rings. The minimum absolute atomic E-state index is 0.678. The maximum Gasteiger partial charge on any atom is 0.161 e. The van der Waals surface area contributed by atoms with E-state index in [1.54, 1.807) is 0 Å². The molecule has 6 aromatic carbocycles. The average Bonchev–Trinajstić information content (AvgIpc) is 3.44. The number of aromatic nitrogens is 2. The average molecular weight is 525 g/mol. The molecule has 0 unspecified atom stereocenters. The van der Waals surface area contributed by atoms with Crippen molar-refractivity contribution >= 4 is 32.7 Å².